The molecule has 2 N–H and O–H groups in total. The molecule has 0 saturated carbocycles. The van der Waals surface area contributed by atoms with E-state index in [1.165, 1.54) is 11.3 Å². The summed E-state index contributed by atoms with van der Waals surface area (Å²) in [6.07, 6.45) is 4.49. The second-order valence-electron chi connectivity index (χ2n) is 7.71. The highest BCUT2D eigenvalue weighted by atomic mass is 127. The third kappa shape index (κ3) is 8.30. The minimum Gasteiger partial charge on any atom is -0.381 e. The number of nitrogens with one attached hydrogen (secondary N) is 2. The van der Waals surface area contributed by atoms with Gasteiger partial charge in [0.2, 0.25) is 0 Å². The molecule has 1 aromatic rings. The van der Waals surface area contributed by atoms with E-state index in [4.69, 9.17) is 14.5 Å². The summed E-state index contributed by atoms with van der Waals surface area (Å²) in [5, 5.41) is 6.98. The highest BCUT2D eigenvalue weighted by Crippen LogP contribution is 2.20. The van der Waals surface area contributed by atoms with E-state index in [9.17, 15) is 0 Å². The van der Waals surface area contributed by atoms with Gasteiger partial charge in [-0.2, -0.15) is 0 Å². The quantitative estimate of drug-likeness (QED) is 0.240. The first-order valence-corrected chi connectivity index (χ1v) is 10.8. The molecule has 2 aliphatic rings. The molecule has 1 atom stereocenters. The first-order chi connectivity index (χ1) is 13.7. The Morgan fingerprint density at radius 2 is 1.97 bits per heavy atom. The first-order valence-electron chi connectivity index (χ1n) is 10.8. The lowest BCUT2D eigenvalue weighted by molar-refractivity contribution is -0.0318. The third-order valence-corrected chi connectivity index (χ3v) is 5.37. The summed E-state index contributed by atoms with van der Waals surface area (Å²) < 4.78 is 11.3. The lowest BCUT2D eigenvalue weighted by Gasteiger charge is -2.22. The summed E-state index contributed by atoms with van der Waals surface area (Å²) >= 11 is 0. The number of guanidine groups is 1. The lowest BCUT2D eigenvalue weighted by Crippen LogP contribution is -2.44. The van der Waals surface area contributed by atoms with Crippen LogP contribution >= 0.6 is 24.0 Å². The third-order valence-electron chi connectivity index (χ3n) is 5.37. The normalized spacial score (nSPS) is 20.4. The standard InChI is InChI=1S/C22H36N4O2.HI/c1-3-23-22(24-12-4-14-28-21-10-15-27-16-11-21)25-19-9-13-26(17-19)20-7-5-18(2)6-8-20;/h5-8,19,21H,3-4,9-17H2,1-2H3,(H2,23,24,25);1H. The molecule has 0 amide bonds. The maximum Gasteiger partial charge on any atom is 0.191 e. The number of nitrogens with zero attached hydrogens (tertiary/aromatic N) is 2. The summed E-state index contributed by atoms with van der Waals surface area (Å²) in [6.45, 7) is 10.4. The van der Waals surface area contributed by atoms with Crippen LogP contribution in [0.3, 0.4) is 0 Å². The van der Waals surface area contributed by atoms with Crippen LogP contribution in [0.4, 0.5) is 5.69 Å². The number of ether oxygens (including phenoxy) is 2. The van der Waals surface area contributed by atoms with E-state index in [-0.39, 0.29) is 24.0 Å². The maximum absolute atomic E-state index is 5.93. The van der Waals surface area contributed by atoms with E-state index in [0.29, 0.717) is 12.1 Å². The summed E-state index contributed by atoms with van der Waals surface area (Å²) in [4.78, 5) is 7.19. The van der Waals surface area contributed by atoms with Gasteiger partial charge in [0.15, 0.2) is 5.96 Å². The van der Waals surface area contributed by atoms with Crippen molar-refractivity contribution in [1.29, 1.82) is 0 Å². The Balaban J connectivity index is 0.00000300. The van der Waals surface area contributed by atoms with Gasteiger partial charge < -0.3 is 25.0 Å². The second kappa shape index (κ2) is 13.3. The fraction of sp³-hybridized carbons (Fsp3) is 0.682. The summed E-state index contributed by atoms with van der Waals surface area (Å²) in [7, 11) is 0. The van der Waals surface area contributed by atoms with Crippen molar-refractivity contribution in [2.24, 2.45) is 4.99 Å². The van der Waals surface area contributed by atoms with Gasteiger partial charge in [0.25, 0.3) is 0 Å². The van der Waals surface area contributed by atoms with Crippen molar-refractivity contribution >= 4 is 35.6 Å². The molecule has 1 unspecified atom stereocenters. The van der Waals surface area contributed by atoms with Crippen molar-refractivity contribution in [2.75, 3.05) is 50.9 Å². The smallest absolute Gasteiger partial charge is 0.191 e. The van der Waals surface area contributed by atoms with Crippen LogP contribution in [0.1, 0.15) is 38.2 Å². The van der Waals surface area contributed by atoms with Crippen molar-refractivity contribution in [2.45, 2.75) is 51.7 Å². The predicted molar refractivity (Wildman–Crippen MR) is 131 cm³/mol. The second-order valence-corrected chi connectivity index (χ2v) is 7.71. The summed E-state index contributed by atoms with van der Waals surface area (Å²) in [5.74, 6) is 0.921. The van der Waals surface area contributed by atoms with Crippen LogP contribution in [0.2, 0.25) is 0 Å². The van der Waals surface area contributed by atoms with Crippen molar-refractivity contribution in [1.82, 2.24) is 10.6 Å². The molecule has 1 aromatic carbocycles. The maximum atomic E-state index is 5.93. The average Bonchev–Trinajstić information content (AvgIpc) is 3.17. The number of aryl methyl sites for hydroxylation is 1. The van der Waals surface area contributed by atoms with E-state index >= 15 is 0 Å². The molecule has 0 bridgehead atoms. The van der Waals surface area contributed by atoms with Crippen LogP contribution in [0, 0.1) is 6.92 Å². The molecule has 164 valence electrons. The predicted octanol–water partition coefficient (Wildman–Crippen LogP) is 3.33. The molecule has 0 spiro atoms. The Morgan fingerprint density at radius 3 is 2.69 bits per heavy atom. The van der Waals surface area contributed by atoms with Crippen molar-refractivity contribution < 1.29 is 9.47 Å². The van der Waals surface area contributed by atoms with Gasteiger partial charge in [0.1, 0.15) is 0 Å². The Hall–Kier alpha value is -1.06. The van der Waals surface area contributed by atoms with Crippen LogP contribution in [0.15, 0.2) is 29.3 Å². The van der Waals surface area contributed by atoms with Gasteiger partial charge in [0.05, 0.1) is 6.10 Å². The van der Waals surface area contributed by atoms with Crippen LogP contribution in [0.5, 0.6) is 0 Å². The molecule has 6 nitrogen and oxygen atoms in total. The monoisotopic (exact) mass is 516 g/mol. The van der Waals surface area contributed by atoms with E-state index in [1.54, 1.807) is 0 Å². The van der Waals surface area contributed by atoms with E-state index < -0.39 is 0 Å². The SMILES string of the molecule is CCNC(=NCCCOC1CCOCC1)NC1CCN(c2ccc(C)cc2)C1.I. The highest BCUT2D eigenvalue weighted by Gasteiger charge is 2.23. The fourth-order valence-corrected chi connectivity index (χ4v) is 3.73. The Labute approximate surface area is 192 Å². The highest BCUT2D eigenvalue weighted by molar-refractivity contribution is 14.0. The van der Waals surface area contributed by atoms with E-state index in [0.717, 1.165) is 77.6 Å². The Morgan fingerprint density at radius 1 is 1.21 bits per heavy atom. The number of hydrogen-bond donors (Lipinski definition) is 2. The molecule has 29 heavy (non-hydrogen) atoms. The molecular weight excluding hydrogens is 479 g/mol. The molecule has 2 saturated heterocycles. The molecule has 0 aliphatic carbocycles. The van der Waals surface area contributed by atoms with Gasteiger partial charge >= 0.3 is 0 Å². The van der Waals surface area contributed by atoms with E-state index in [2.05, 4.69) is 53.6 Å². The molecule has 0 radical (unpaired) electrons. The zero-order chi connectivity index (χ0) is 19.6. The van der Waals surface area contributed by atoms with Crippen LogP contribution in [-0.2, 0) is 9.47 Å². The number of hydrogen-bond acceptors (Lipinski definition) is 4. The van der Waals surface area contributed by atoms with Crippen molar-refractivity contribution in [3.8, 4) is 0 Å². The summed E-state index contributed by atoms with van der Waals surface area (Å²) in [6, 6.07) is 9.23. The molecule has 0 aromatic heterocycles. The van der Waals surface area contributed by atoms with Gasteiger partial charge in [0, 0.05) is 57.7 Å². The molecule has 2 heterocycles. The molecular formula is C22H37IN4O2. The average molecular weight is 516 g/mol. The molecule has 2 fully saturated rings. The largest absolute Gasteiger partial charge is 0.381 e. The minimum absolute atomic E-state index is 0. The van der Waals surface area contributed by atoms with Gasteiger partial charge in [-0.1, -0.05) is 17.7 Å². The van der Waals surface area contributed by atoms with Crippen LogP contribution in [-0.4, -0.2) is 64.1 Å². The van der Waals surface area contributed by atoms with Gasteiger partial charge in [-0.25, -0.2) is 0 Å². The summed E-state index contributed by atoms with van der Waals surface area (Å²) in [5.41, 5.74) is 2.61. The molecule has 7 heteroatoms. The fourth-order valence-electron chi connectivity index (χ4n) is 3.73. The first kappa shape index (κ1) is 24.2. The number of aliphatic imine (C=N–C) groups is 1. The van der Waals surface area contributed by atoms with Crippen LogP contribution < -0.4 is 15.5 Å². The Bertz CT molecular complexity index is 605. The molecule has 2 aliphatic heterocycles. The minimum atomic E-state index is 0. The number of rotatable bonds is 8. The zero-order valence-corrected chi connectivity index (χ0v) is 20.2. The zero-order valence-electron chi connectivity index (χ0n) is 17.9. The number of benzene rings is 1. The van der Waals surface area contributed by atoms with Gasteiger partial charge in [-0.05, 0) is 51.7 Å². The van der Waals surface area contributed by atoms with E-state index in [1.807, 2.05) is 0 Å². The number of halogens is 1. The van der Waals surface area contributed by atoms with Gasteiger partial charge in [-0.15, -0.1) is 24.0 Å². The Kier molecular flexibility index (Phi) is 11.1. The van der Waals surface area contributed by atoms with Crippen molar-refractivity contribution in [3.05, 3.63) is 29.8 Å². The van der Waals surface area contributed by atoms with Crippen LogP contribution in [0.25, 0.3) is 0 Å². The molecule has 3 rings (SSSR count). The number of anilines is 1. The lowest BCUT2D eigenvalue weighted by atomic mass is 10.1. The topological polar surface area (TPSA) is 58.1 Å². The van der Waals surface area contributed by atoms with Gasteiger partial charge in [-0.3, -0.25) is 4.99 Å². The van der Waals surface area contributed by atoms with Crippen molar-refractivity contribution in [3.63, 3.8) is 0 Å².